The van der Waals surface area contributed by atoms with Gasteiger partial charge >= 0.3 is 5.97 Å². The van der Waals surface area contributed by atoms with Crippen LogP contribution in [0.3, 0.4) is 0 Å². The SMILES string of the molecule is N#Cc1cccc(S(=O)(=O)N2CC3CCCN4CCC(/C=C/CC(=O)O)C(C2)C34)c1. The molecule has 1 aromatic rings. The van der Waals surface area contributed by atoms with Crippen molar-refractivity contribution in [3.63, 3.8) is 0 Å². The summed E-state index contributed by atoms with van der Waals surface area (Å²) in [6.45, 7) is 2.97. The topological polar surface area (TPSA) is 102 Å². The molecule has 1 N–H and O–H groups in total. The smallest absolute Gasteiger partial charge is 0.307 e. The second-order valence-electron chi connectivity index (χ2n) is 8.53. The molecule has 4 rings (SSSR count). The second kappa shape index (κ2) is 8.50. The highest BCUT2D eigenvalue weighted by Gasteiger charge is 2.49. The van der Waals surface area contributed by atoms with Gasteiger partial charge in [0.25, 0.3) is 0 Å². The molecule has 0 spiro atoms. The zero-order valence-corrected chi connectivity index (χ0v) is 17.7. The van der Waals surface area contributed by atoms with E-state index in [9.17, 15) is 13.2 Å². The van der Waals surface area contributed by atoms with Gasteiger partial charge in [0.05, 0.1) is 22.9 Å². The number of nitriles is 1. The summed E-state index contributed by atoms with van der Waals surface area (Å²) in [7, 11) is -3.69. The summed E-state index contributed by atoms with van der Waals surface area (Å²) in [5.74, 6) is -0.252. The maximum absolute atomic E-state index is 13.4. The van der Waals surface area contributed by atoms with Crippen LogP contribution in [0.4, 0.5) is 0 Å². The Labute approximate surface area is 177 Å². The Morgan fingerprint density at radius 1 is 1.27 bits per heavy atom. The van der Waals surface area contributed by atoms with Crippen LogP contribution in [0.2, 0.25) is 0 Å². The fourth-order valence-corrected chi connectivity index (χ4v) is 7.09. The van der Waals surface area contributed by atoms with Gasteiger partial charge in [0.1, 0.15) is 0 Å². The fraction of sp³-hybridized carbons (Fsp3) is 0.545. The highest BCUT2D eigenvalue weighted by molar-refractivity contribution is 7.89. The summed E-state index contributed by atoms with van der Waals surface area (Å²) in [5, 5.41) is 18.1. The maximum Gasteiger partial charge on any atom is 0.307 e. The number of carboxylic acids is 1. The molecular formula is C22H27N3O4S. The first-order chi connectivity index (χ1) is 14.4. The van der Waals surface area contributed by atoms with Crippen LogP contribution in [0.15, 0.2) is 41.3 Å². The van der Waals surface area contributed by atoms with Gasteiger partial charge < -0.3 is 5.11 Å². The van der Waals surface area contributed by atoms with E-state index in [0.717, 1.165) is 32.4 Å². The number of sulfonamides is 1. The molecule has 4 unspecified atom stereocenters. The zero-order valence-electron chi connectivity index (χ0n) is 16.9. The predicted octanol–water partition coefficient (Wildman–Crippen LogP) is 2.31. The van der Waals surface area contributed by atoms with Crippen LogP contribution in [-0.4, -0.2) is 60.9 Å². The van der Waals surface area contributed by atoms with Gasteiger partial charge in [-0.15, -0.1) is 0 Å². The van der Waals surface area contributed by atoms with E-state index in [4.69, 9.17) is 10.4 Å². The number of rotatable bonds is 5. The molecule has 0 radical (unpaired) electrons. The van der Waals surface area contributed by atoms with Crippen LogP contribution in [0, 0.1) is 29.1 Å². The number of benzene rings is 1. The molecule has 8 heteroatoms. The minimum absolute atomic E-state index is 0.00993. The van der Waals surface area contributed by atoms with Crippen LogP contribution in [0.1, 0.15) is 31.2 Å². The normalized spacial score (nSPS) is 30.0. The van der Waals surface area contributed by atoms with Gasteiger partial charge in [-0.25, -0.2) is 8.42 Å². The molecule has 4 atom stereocenters. The molecule has 160 valence electrons. The third-order valence-corrected chi connectivity index (χ3v) is 8.62. The number of carboxylic acid groups (broad SMARTS) is 1. The van der Waals surface area contributed by atoms with Crippen LogP contribution >= 0.6 is 0 Å². The van der Waals surface area contributed by atoms with Crippen LogP contribution < -0.4 is 0 Å². The summed E-state index contributed by atoms with van der Waals surface area (Å²) in [6, 6.07) is 8.58. The molecule has 3 saturated heterocycles. The maximum atomic E-state index is 13.4. The van der Waals surface area contributed by atoms with Crippen molar-refractivity contribution in [1.82, 2.24) is 9.21 Å². The summed E-state index contributed by atoms with van der Waals surface area (Å²) >= 11 is 0. The van der Waals surface area contributed by atoms with E-state index >= 15 is 0 Å². The van der Waals surface area contributed by atoms with E-state index in [2.05, 4.69) is 4.90 Å². The van der Waals surface area contributed by atoms with E-state index < -0.39 is 16.0 Å². The minimum atomic E-state index is -3.69. The molecular weight excluding hydrogens is 402 g/mol. The number of aliphatic carboxylic acids is 1. The number of allylic oxidation sites excluding steroid dienone is 1. The molecule has 30 heavy (non-hydrogen) atoms. The number of hydrogen-bond acceptors (Lipinski definition) is 5. The first-order valence-electron chi connectivity index (χ1n) is 10.5. The third-order valence-electron chi connectivity index (χ3n) is 6.79. The Hall–Kier alpha value is -2.21. The van der Waals surface area contributed by atoms with Crippen molar-refractivity contribution in [2.24, 2.45) is 17.8 Å². The minimum Gasteiger partial charge on any atom is -0.481 e. The van der Waals surface area contributed by atoms with Crippen LogP contribution in [0.25, 0.3) is 0 Å². The van der Waals surface area contributed by atoms with E-state index in [0.29, 0.717) is 24.7 Å². The van der Waals surface area contributed by atoms with Crippen molar-refractivity contribution >= 4 is 16.0 Å². The van der Waals surface area contributed by atoms with E-state index in [-0.39, 0.29) is 29.1 Å². The van der Waals surface area contributed by atoms with Crippen molar-refractivity contribution in [1.29, 1.82) is 5.26 Å². The van der Waals surface area contributed by atoms with Crippen LogP contribution in [0.5, 0.6) is 0 Å². The van der Waals surface area contributed by atoms with Crippen LogP contribution in [-0.2, 0) is 14.8 Å². The molecule has 0 amide bonds. The summed E-state index contributed by atoms with van der Waals surface area (Å²) in [4.78, 5) is 13.6. The molecule has 3 aliphatic heterocycles. The van der Waals surface area contributed by atoms with E-state index in [1.54, 1.807) is 28.6 Å². The molecule has 0 aliphatic carbocycles. The fourth-order valence-electron chi connectivity index (χ4n) is 5.51. The van der Waals surface area contributed by atoms with Gasteiger partial charge in [-0.3, -0.25) is 9.69 Å². The van der Waals surface area contributed by atoms with Crippen molar-refractivity contribution < 1.29 is 18.3 Å². The van der Waals surface area contributed by atoms with Gasteiger partial charge in [0.15, 0.2) is 0 Å². The lowest BCUT2D eigenvalue weighted by atomic mass is 9.69. The lowest BCUT2D eigenvalue weighted by Gasteiger charge is -2.55. The molecule has 0 aromatic heterocycles. The standard InChI is InChI=1S/C22H27N3O4S/c23-13-16-4-1-7-19(12-16)30(28,29)25-14-18-6-3-10-24-11-9-17(5-2-8-21(26)27)20(15-25)22(18)24/h1-2,4-5,7,12,17-18,20,22H,3,6,8-11,14-15H2,(H,26,27)/b5-2+. The quantitative estimate of drug-likeness (QED) is 0.721. The van der Waals surface area contributed by atoms with Gasteiger partial charge in [-0.1, -0.05) is 18.2 Å². The number of carbonyl (C=O) groups is 1. The Balaban J connectivity index is 1.63. The number of hydrogen-bond donors (Lipinski definition) is 1. The lowest BCUT2D eigenvalue weighted by molar-refractivity contribution is -0.136. The molecule has 0 saturated carbocycles. The Kier molecular flexibility index (Phi) is 5.96. The Morgan fingerprint density at radius 2 is 2.10 bits per heavy atom. The van der Waals surface area contributed by atoms with Gasteiger partial charge in [0, 0.05) is 19.1 Å². The second-order valence-corrected chi connectivity index (χ2v) is 10.5. The van der Waals surface area contributed by atoms with Crippen molar-refractivity contribution in [2.45, 2.75) is 36.6 Å². The molecule has 3 aliphatic rings. The average Bonchev–Trinajstić information content (AvgIpc) is 2.75. The molecule has 0 bridgehead atoms. The Morgan fingerprint density at radius 3 is 2.87 bits per heavy atom. The molecule has 3 heterocycles. The van der Waals surface area contributed by atoms with E-state index in [1.807, 2.05) is 12.1 Å². The van der Waals surface area contributed by atoms with Gasteiger partial charge in [-0.05, 0) is 68.3 Å². The first-order valence-corrected chi connectivity index (χ1v) is 12.0. The van der Waals surface area contributed by atoms with E-state index in [1.165, 1.54) is 6.07 Å². The largest absolute Gasteiger partial charge is 0.481 e. The number of nitrogens with zero attached hydrogens (tertiary/aromatic N) is 3. The monoisotopic (exact) mass is 429 g/mol. The first kappa shape index (κ1) is 21.0. The molecule has 7 nitrogen and oxygen atoms in total. The third kappa shape index (κ3) is 4.02. The zero-order chi connectivity index (χ0) is 21.3. The Bertz CT molecular complexity index is 984. The summed E-state index contributed by atoms with van der Waals surface area (Å²) < 4.78 is 28.4. The molecule has 3 fully saturated rings. The lowest BCUT2D eigenvalue weighted by Crippen LogP contribution is -2.63. The van der Waals surface area contributed by atoms with Crippen molar-refractivity contribution in [2.75, 3.05) is 26.2 Å². The van der Waals surface area contributed by atoms with Gasteiger partial charge in [0.2, 0.25) is 10.0 Å². The average molecular weight is 430 g/mol. The molecule has 1 aromatic carbocycles. The van der Waals surface area contributed by atoms with Gasteiger partial charge in [-0.2, -0.15) is 9.57 Å². The van der Waals surface area contributed by atoms with Crippen molar-refractivity contribution in [3.8, 4) is 6.07 Å². The predicted molar refractivity (Wildman–Crippen MR) is 111 cm³/mol. The summed E-state index contributed by atoms with van der Waals surface area (Å²) in [5.41, 5.74) is 0.335. The highest BCUT2D eigenvalue weighted by Crippen LogP contribution is 2.43. The highest BCUT2D eigenvalue weighted by atomic mass is 32.2. The number of piperidine rings is 3. The summed E-state index contributed by atoms with van der Waals surface area (Å²) in [6.07, 6.45) is 6.70. The van der Waals surface area contributed by atoms with Crippen molar-refractivity contribution in [3.05, 3.63) is 42.0 Å².